The summed E-state index contributed by atoms with van der Waals surface area (Å²) in [4.78, 5) is 32.5. The van der Waals surface area contributed by atoms with Gasteiger partial charge < -0.3 is 9.64 Å². The first-order valence-corrected chi connectivity index (χ1v) is 11.4. The highest BCUT2D eigenvalue weighted by Crippen LogP contribution is 2.27. The maximum absolute atomic E-state index is 13.1. The maximum atomic E-state index is 13.1. The summed E-state index contributed by atoms with van der Waals surface area (Å²) < 4.78 is 7.30. The van der Waals surface area contributed by atoms with Crippen LogP contribution in [0.4, 0.5) is 0 Å². The monoisotopic (exact) mass is 434 g/mol. The van der Waals surface area contributed by atoms with Crippen LogP contribution in [0.25, 0.3) is 22.3 Å². The first-order chi connectivity index (χ1) is 15.5. The zero-order valence-corrected chi connectivity index (χ0v) is 19.0. The van der Waals surface area contributed by atoms with Crippen LogP contribution in [-0.4, -0.2) is 50.7 Å². The molecule has 0 spiro atoms. The zero-order valence-electron chi connectivity index (χ0n) is 19.0. The molecular weight excluding hydrogens is 404 g/mol. The Bertz CT molecular complexity index is 1110. The Morgan fingerprint density at radius 2 is 1.97 bits per heavy atom. The third kappa shape index (κ3) is 4.38. The molecule has 0 unspecified atom stereocenters. The standard InChI is InChI=1S/C25H30N4O3/c1-4-19-12-8-9-13-28(19)23(30)16-32-25(31)20-14-22(18-10-6-5-7-11-18)27-24-21(20)15-26-29(24)17(2)3/h5-7,10-11,14-15,17,19H,4,8-9,12-13,16H2,1-3H3/t19-/m1/s1. The summed E-state index contributed by atoms with van der Waals surface area (Å²) >= 11 is 0. The fourth-order valence-electron chi connectivity index (χ4n) is 4.36. The van der Waals surface area contributed by atoms with Crippen LogP contribution in [0.1, 0.15) is 62.9 Å². The van der Waals surface area contributed by atoms with Crippen molar-refractivity contribution in [3.05, 3.63) is 48.2 Å². The van der Waals surface area contributed by atoms with Gasteiger partial charge in [-0.15, -0.1) is 0 Å². The number of likely N-dealkylation sites (tertiary alicyclic amines) is 1. The fourth-order valence-corrected chi connectivity index (χ4v) is 4.36. The first-order valence-electron chi connectivity index (χ1n) is 11.4. The van der Waals surface area contributed by atoms with Gasteiger partial charge in [0, 0.05) is 24.2 Å². The first kappa shape index (κ1) is 22.0. The number of amides is 1. The van der Waals surface area contributed by atoms with Crippen LogP contribution in [0.3, 0.4) is 0 Å². The SMILES string of the molecule is CC[C@@H]1CCCCN1C(=O)COC(=O)c1cc(-c2ccccc2)nc2c1cnn2C(C)C. The average Bonchev–Trinajstić information content (AvgIpc) is 3.26. The average molecular weight is 435 g/mol. The summed E-state index contributed by atoms with van der Waals surface area (Å²) in [6.45, 7) is 6.60. The van der Waals surface area contributed by atoms with Gasteiger partial charge in [0.05, 0.1) is 22.8 Å². The lowest BCUT2D eigenvalue weighted by Crippen LogP contribution is -2.45. The van der Waals surface area contributed by atoms with Gasteiger partial charge in [0.1, 0.15) is 0 Å². The van der Waals surface area contributed by atoms with Gasteiger partial charge in [-0.2, -0.15) is 5.10 Å². The summed E-state index contributed by atoms with van der Waals surface area (Å²) in [7, 11) is 0. The zero-order chi connectivity index (χ0) is 22.7. The van der Waals surface area contributed by atoms with Crippen LogP contribution >= 0.6 is 0 Å². The molecule has 7 heteroatoms. The molecule has 1 aliphatic heterocycles. The van der Waals surface area contributed by atoms with Crippen molar-refractivity contribution < 1.29 is 14.3 Å². The minimum absolute atomic E-state index is 0.0848. The third-order valence-corrected chi connectivity index (χ3v) is 6.09. The Morgan fingerprint density at radius 3 is 2.69 bits per heavy atom. The molecule has 0 radical (unpaired) electrons. The topological polar surface area (TPSA) is 77.3 Å². The highest BCUT2D eigenvalue weighted by atomic mass is 16.5. The van der Waals surface area contributed by atoms with Crippen molar-refractivity contribution in [3.8, 4) is 11.3 Å². The van der Waals surface area contributed by atoms with E-state index in [1.807, 2.05) is 49.1 Å². The molecule has 1 aromatic carbocycles. The molecule has 1 amide bonds. The normalized spacial score (nSPS) is 16.5. The Kier molecular flexibility index (Phi) is 6.53. The highest BCUT2D eigenvalue weighted by molar-refractivity contribution is 6.04. The quantitative estimate of drug-likeness (QED) is 0.529. The van der Waals surface area contributed by atoms with Crippen LogP contribution in [0.15, 0.2) is 42.6 Å². The minimum Gasteiger partial charge on any atom is -0.452 e. The molecule has 3 heterocycles. The summed E-state index contributed by atoms with van der Waals surface area (Å²) in [5.41, 5.74) is 2.57. The molecule has 0 aliphatic carbocycles. The van der Waals surface area contributed by atoms with Crippen molar-refractivity contribution in [1.82, 2.24) is 19.7 Å². The van der Waals surface area contributed by atoms with Gasteiger partial charge in [0.15, 0.2) is 12.3 Å². The lowest BCUT2D eigenvalue weighted by Gasteiger charge is -2.35. The lowest BCUT2D eigenvalue weighted by atomic mass is 10.00. The number of hydrogen-bond donors (Lipinski definition) is 0. The van der Waals surface area contributed by atoms with Crippen LogP contribution in [0, 0.1) is 0 Å². The number of nitrogens with zero attached hydrogens (tertiary/aromatic N) is 4. The van der Waals surface area contributed by atoms with Crippen molar-refractivity contribution in [3.63, 3.8) is 0 Å². The molecule has 1 fully saturated rings. The van der Waals surface area contributed by atoms with Crippen molar-refractivity contribution in [1.29, 1.82) is 0 Å². The second kappa shape index (κ2) is 9.51. The van der Waals surface area contributed by atoms with Crippen molar-refractivity contribution in [2.24, 2.45) is 0 Å². The predicted octanol–water partition coefficient (Wildman–Crippen LogP) is 4.63. The number of carbonyl (C=O) groups is 2. The number of benzene rings is 1. The van der Waals surface area contributed by atoms with E-state index in [0.29, 0.717) is 22.3 Å². The molecule has 32 heavy (non-hydrogen) atoms. The number of fused-ring (bicyclic) bond motifs is 1. The molecule has 1 saturated heterocycles. The molecule has 4 rings (SSSR count). The smallest absolute Gasteiger partial charge is 0.339 e. The van der Waals surface area contributed by atoms with Crippen LogP contribution in [-0.2, 0) is 9.53 Å². The van der Waals surface area contributed by atoms with Crippen molar-refractivity contribution in [2.45, 2.75) is 58.5 Å². The van der Waals surface area contributed by atoms with Crippen LogP contribution in [0.5, 0.6) is 0 Å². The fraction of sp³-hybridized carbons (Fsp3) is 0.440. The molecule has 0 bridgehead atoms. The minimum atomic E-state index is -0.531. The number of aromatic nitrogens is 3. The molecule has 0 saturated carbocycles. The second-order valence-electron chi connectivity index (χ2n) is 8.56. The van der Waals surface area contributed by atoms with E-state index in [1.54, 1.807) is 16.9 Å². The molecule has 1 aliphatic rings. The van der Waals surface area contributed by atoms with E-state index in [2.05, 4.69) is 12.0 Å². The van der Waals surface area contributed by atoms with Gasteiger partial charge in [-0.25, -0.2) is 14.5 Å². The molecular formula is C25H30N4O3. The molecule has 168 valence electrons. The molecule has 0 N–H and O–H groups in total. The number of carbonyl (C=O) groups excluding carboxylic acids is 2. The van der Waals surface area contributed by atoms with Crippen molar-refractivity contribution >= 4 is 22.9 Å². The Morgan fingerprint density at radius 1 is 1.19 bits per heavy atom. The van der Waals surface area contributed by atoms with Gasteiger partial charge in [-0.3, -0.25) is 4.79 Å². The van der Waals surface area contributed by atoms with E-state index in [9.17, 15) is 9.59 Å². The van der Waals surface area contributed by atoms with Gasteiger partial charge >= 0.3 is 5.97 Å². The Labute approximate surface area is 188 Å². The van der Waals surface area contributed by atoms with E-state index in [1.165, 1.54) is 0 Å². The van der Waals surface area contributed by atoms with E-state index >= 15 is 0 Å². The number of hydrogen-bond acceptors (Lipinski definition) is 5. The second-order valence-corrected chi connectivity index (χ2v) is 8.56. The summed E-state index contributed by atoms with van der Waals surface area (Å²) in [6.07, 6.45) is 5.71. The van der Waals surface area contributed by atoms with Gasteiger partial charge in [-0.05, 0) is 45.6 Å². The number of ether oxygens (including phenoxy) is 1. The Balaban J connectivity index is 1.62. The molecule has 7 nitrogen and oxygen atoms in total. The van der Waals surface area contributed by atoms with Gasteiger partial charge in [-0.1, -0.05) is 37.3 Å². The highest BCUT2D eigenvalue weighted by Gasteiger charge is 2.27. The van der Waals surface area contributed by atoms with Crippen molar-refractivity contribution in [2.75, 3.05) is 13.2 Å². The summed E-state index contributed by atoms with van der Waals surface area (Å²) in [5.74, 6) is -0.660. The number of piperidine rings is 1. The summed E-state index contributed by atoms with van der Waals surface area (Å²) in [6, 6.07) is 11.7. The predicted molar refractivity (Wildman–Crippen MR) is 123 cm³/mol. The number of pyridine rings is 1. The van der Waals surface area contributed by atoms with E-state index in [-0.39, 0.29) is 24.6 Å². The largest absolute Gasteiger partial charge is 0.452 e. The van der Waals surface area contributed by atoms with Crippen LogP contribution < -0.4 is 0 Å². The van der Waals surface area contributed by atoms with E-state index in [4.69, 9.17) is 9.72 Å². The van der Waals surface area contributed by atoms with Gasteiger partial charge in [0.25, 0.3) is 5.91 Å². The maximum Gasteiger partial charge on any atom is 0.339 e. The van der Waals surface area contributed by atoms with Crippen LogP contribution in [0.2, 0.25) is 0 Å². The molecule has 3 aromatic rings. The Hall–Kier alpha value is -3.22. The summed E-state index contributed by atoms with van der Waals surface area (Å²) in [5, 5.41) is 5.06. The molecule has 2 aromatic heterocycles. The number of rotatable bonds is 6. The van der Waals surface area contributed by atoms with E-state index < -0.39 is 5.97 Å². The lowest BCUT2D eigenvalue weighted by molar-refractivity contribution is -0.138. The van der Waals surface area contributed by atoms with E-state index in [0.717, 1.165) is 37.8 Å². The number of esters is 1. The molecule has 1 atom stereocenters. The van der Waals surface area contributed by atoms with Gasteiger partial charge in [0.2, 0.25) is 0 Å². The third-order valence-electron chi connectivity index (χ3n) is 6.09.